The molecule has 4 nitrogen and oxygen atoms in total. The lowest BCUT2D eigenvalue weighted by Crippen LogP contribution is -2.53. The number of carbonyl (C=O) groups excluding carboxylic acids is 1. The minimum atomic E-state index is -1.10. The van der Waals surface area contributed by atoms with Crippen LogP contribution in [0.2, 0.25) is 0 Å². The Morgan fingerprint density at radius 1 is 1.29 bits per heavy atom. The zero-order valence-electron chi connectivity index (χ0n) is 13.4. The highest BCUT2D eigenvalue weighted by atomic mass is 35.5. The van der Waals surface area contributed by atoms with E-state index in [1.807, 2.05) is 20.8 Å². The van der Waals surface area contributed by atoms with Gasteiger partial charge in [-0.15, -0.1) is 0 Å². The van der Waals surface area contributed by atoms with Crippen LogP contribution in [0.5, 0.6) is 0 Å². The van der Waals surface area contributed by atoms with Crippen molar-refractivity contribution in [2.75, 3.05) is 13.1 Å². The molecule has 122 valence electrons. The van der Waals surface area contributed by atoms with Crippen molar-refractivity contribution in [3.8, 4) is 0 Å². The van der Waals surface area contributed by atoms with E-state index in [9.17, 15) is 4.79 Å². The lowest BCUT2D eigenvalue weighted by molar-refractivity contribution is -0.286. The molecule has 0 bridgehead atoms. The van der Waals surface area contributed by atoms with Gasteiger partial charge in [0.1, 0.15) is 0 Å². The third kappa shape index (κ3) is 4.85. The molecule has 6 heteroatoms. The average molecular weight is 338 g/mol. The summed E-state index contributed by atoms with van der Waals surface area (Å²) in [6, 6.07) is 0. The number of ether oxygens (including phenoxy) is 2. The number of rotatable bonds is 5. The van der Waals surface area contributed by atoms with Gasteiger partial charge in [-0.1, -0.05) is 49.2 Å². The smallest absolute Gasteiger partial charge is 0.256 e. The Hall–Kier alpha value is -0.290. The fourth-order valence-corrected chi connectivity index (χ4v) is 2.41. The van der Waals surface area contributed by atoms with E-state index in [1.165, 1.54) is 4.90 Å². The maximum absolute atomic E-state index is 12.1. The number of hydrogen-bond donors (Lipinski definition) is 0. The number of nitrogens with zero attached hydrogens (tertiary/aromatic N) is 1. The highest BCUT2D eigenvalue weighted by Gasteiger charge is 2.42. The van der Waals surface area contributed by atoms with Gasteiger partial charge in [0.25, 0.3) is 5.91 Å². The van der Waals surface area contributed by atoms with Crippen molar-refractivity contribution in [3.05, 3.63) is 12.2 Å². The number of amides is 1. The van der Waals surface area contributed by atoms with Crippen molar-refractivity contribution in [2.24, 2.45) is 5.41 Å². The Morgan fingerprint density at radius 3 is 2.14 bits per heavy atom. The van der Waals surface area contributed by atoms with Crippen molar-refractivity contribution in [3.63, 3.8) is 0 Å². The second kappa shape index (κ2) is 7.32. The van der Waals surface area contributed by atoms with Gasteiger partial charge in [-0.05, 0) is 20.8 Å². The van der Waals surface area contributed by atoms with Gasteiger partial charge in [-0.3, -0.25) is 4.79 Å². The first-order valence-electron chi connectivity index (χ1n) is 7.08. The van der Waals surface area contributed by atoms with Gasteiger partial charge in [-0.2, -0.15) is 0 Å². The molecule has 0 saturated carbocycles. The van der Waals surface area contributed by atoms with Crippen LogP contribution in [0.3, 0.4) is 0 Å². The molecule has 0 aliphatic carbocycles. The number of alkyl halides is 2. The summed E-state index contributed by atoms with van der Waals surface area (Å²) in [6.07, 6.45) is -0.440. The van der Waals surface area contributed by atoms with Crippen LogP contribution >= 0.6 is 23.2 Å². The summed E-state index contributed by atoms with van der Waals surface area (Å²) in [5.74, 6) is -0.362. The van der Waals surface area contributed by atoms with Crippen LogP contribution in [0.15, 0.2) is 12.2 Å². The quantitative estimate of drug-likeness (QED) is 0.570. The van der Waals surface area contributed by atoms with Crippen molar-refractivity contribution in [2.45, 2.75) is 58.0 Å². The molecule has 21 heavy (non-hydrogen) atoms. The van der Waals surface area contributed by atoms with Gasteiger partial charge >= 0.3 is 0 Å². The molecule has 1 fully saturated rings. The maximum Gasteiger partial charge on any atom is 0.256 e. The minimum absolute atomic E-state index is 0.0239. The molecule has 1 saturated heterocycles. The topological polar surface area (TPSA) is 38.8 Å². The Labute approximate surface area is 137 Å². The monoisotopic (exact) mass is 337 g/mol. The highest BCUT2D eigenvalue weighted by Crippen LogP contribution is 2.35. The Bertz CT molecular complexity index is 384. The van der Waals surface area contributed by atoms with Gasteiger partial charge in [0, 0.05) is 12.0 Å². The van der Waals surface area contributed by atoms with Crippen LogP contribution in [0.1, 0.15) is 34.6 Å². The first-order chi connectivity index (χ1) is 9.55. The van der Waals surface area contributed by atoms with E-state index in [1.54, 1.807) is 0 Å². The number of hydrogen-bond acceptors (Lipinski definition) is 3. The second-order valence-corrected chi connectivity index (χ2v) is 7.38. The maximum atomic E-state index is 12.1. The largest absolute Gasteiger partial charge is 0.347 e. The molecule has 1 amide bonds. The van der Waals surface area contributed by atoms with Crippen LogP contribution in [-0.4, -0.2) is 47.2 Å². The number of halogens is 2. The molecule has 0 radical (unpaired) electrons. The van der Waals surface area contributed by atoms with E-state index in [-0.39, 0.29) is 30.1 Å². The fourth-order valence-electron chi connectivity index (χ4n) is 2.13. The van der Waals surface area contributed by atoms with Crippen molar-refractivity contribution >= 4 is 29.1 Å². The van der Waals surface area contributed by atoms with Crippen LogP contribution < -0.4 is 0 Å². The summed E-state index contributed by atoms with van der Waals surface area (Å²) in [6.45, 7) is 14.6. The normalized spacial score (nSPS) is 28.5. The van der Waals surface area contributed by atoms with Crippen LogP contribution in [0, 0.1) is 5.41 Å². The van der Waals surface area contributed by atoms with Gasteiger partial charge in [0.05, 0.1) is 18.8 Å². The summed E-state index contributed by atoms with van der Waals surface area (Å²) >= 11 is 11.4. The molecule has 2 unspecified atom stereocenters. The summed E-state index contributed by atoms with van der Waals surface area (Å²) in [5.41, 5.74) is 0.760. The fraction of sp³-hybridized carbons (Fsp3) is 0.800. The van der Waals surface area contributed by atoms with E-state index < -0.39 is 11.1 Å². The van der Waals surface area contributed by atoms with Crippen molar-refractivity contribution in [1.29, 1.82) is 0 Å². The molecule has 1 aliphatic rings. The predicted molar refractivity (Wildman–Crippen MR) is 85.6 cm³/mol. The first kappa shape index (κ1) is 18.8. The zero-order valence-corrected chi connectivity index (χ0v) is 14.9. The van der Waals surface area contributed by atoms with Crippen LogP contribution in [0.25, 0.3) is 0 Å². The molecule has 1 heterocycles. The van der Waals surface area contributed by atoms with E-state index >= 15 is 0 Å². The highest BCUT2D eigenvalue weighted by molar-refractivity contribution is 6.53. The molecule has 0 spiro atoms. The van der Waals surface area contributed by atoms with Crippen LogP contribution in [-0.2, 0) is 14.3 Å². The van der Waals surface area contributed by atoms with Gasteiger partial charge < -0.3 is 14.4 Å². The lowest BCUT2D eigenvalue weighted by Gasteiger charge is -2.46. The third-order valence-corrected chi connectivity index (χ3v) is 4.51. The minimum Gasteiger partial charge on any atom is -0.347 e. The van der Waals surface area contributed by atoms with Gasteiger partial charge in [-0.25, -0.2) is 0 Å². The summed E-state index contributed by atoms with van der Waals surface area (Å²) in [7, 11) is 0. The van der Waals surface area contributed by atoms with Gasteiger partial charge in [0.15, 0.2) is 11.1 Å². The van der Waals surface area contributed by atoms with E-state index in [0.717, 1.165) is 5.57 Å². The second-order valence-electron chi connectivity index (χ2n) is 6.28. The molecule has 0 aromatic heterocycles. The van der Waals surface area contributed by atoms with Crippen molar-refractivity contribution in [1.82, 2.24) is 4.90 Å². The Morgan fingerprint density at radius 2 is 1.76 bits per heavy atom. The summed E-state index contributed by atoms with van der Waals surface area (Å²) in [4.78, 5) is 12.5. The molecule has 0 N–H and O–H groups in total. The Balaban J connectivity index is 2.76. The van der Waals surface area contributed by atoms with E-state index in [0.29, 0.717) is 6.54 Å². The summed E-state index contributed by atoms with van der Waals surface area (Å²) < 4.78 is 11.8. The predicted octanol–water partition coefficient (Wildman–Crippen LogP) is 3.37. The summed E-state index contributed by atoms with van der Waals surface area (Å²) in [5, 5.41) is 0. The van der Waals surface area contributed by atoms with Gasteiger partial charge in [0.2, 0.25) is 0 Å². The van der Waals surface area contributed by atoms with Crippen LogP contribution in [0.4, 0.5) is 0 Å². The molecule has 0 aromatic rings. The molecule has 2 atom stereocenters. The molecule has 0 aromatic carbocycles. The molecule has 1 rings (SSSR count). The Kier molecular flexibility index (Phi) is 6.54. The molecular formula is C15H25Cl2NO3. The molecular weight excluding hydrogens is 313 g/mol. The average Bonchev–Trinajstić information content (AvgIpc) is 2.34. The van der Waals surface area contributed by atoms with Crippen molar-refractivity contribution < 1.29 is 14.3 Å². The standard InChI is InChI=1S/C15H25Cl2NO3/c1-9(2)7-18(14(19)13(16)17)8-12-20-10(3)15(5,6)11(4)21-12/h10-13H,1,7-8H2,2-6H3. The zero-order chi connectivity index (χ0) is 16.4. The SMILES string of the molecule is C=C(C)CN(CC1OC(C)C(C)(C)C(C)O1)C(=O)C(Cl)Cl. The first-order valence-corrected chi connectivity index (χ1v) is 7.95. The third-order valence-electron chi connectivity index (χ3n) is 4.14. The lowest BCUT2D eigenvalue weighted by atomic mass is 9.81. The molecule has 1 aliphatic heterocycles. The van der Waals surface area contributed by atoms with E-state index in [4.69, 9.17) is 32.7 Å². The van der Waals surface area contributed by atoms with E-state index in [2.05, 4.69) is 20.4 Å². The number of carbonyl (C=O) groups is 1.